The van der Waals surface area contributed by atoms with Gasteiger partial charge >= 0.3 is 0 Å². The monoisotopic (exact) mass is 277 g/mol. The molecule has 1 saturated carbocycles. The van der Waals surface area contributed by atoms with Crippen molar-refractivity contribution in [3.05, 3.63) is 0 Å². The van der Waals surface area contributed by atoms with Crippen LogP contribution in [0.4, 0.5) is 0 Å². The Morgan fingerprint density at radius 3 is 2.71 bits per heavy atom. The first kappa shape index (κ1) is 15.7. The summed E-state index contributed by atoms with van der Waals surface area (Å²) in [5.74, 6) is 1.91. The van der Waals surface area contributed by atoms with E-state index in [1.165, 1.54) is 25.7 Å². The van der Waals surface area contributed by atoms with E-state index in [9.17, 15) is 0 Å². The molecule has 17 heavy (non-hydrogen) atoms. The number of rotatable bonds is 9. The molecule has 0 aliphatic heterocycles. The summed E-state index contributed by atoms with van der Waals surface area (Å²) in [5.41, 5.74) is 0. The van der Waals surface area contributed by atoms with Crippen molar-refractivity contribution in [2.45, 2.75) is 51.7 Å². The molecular formula is C13H27NOS2. The van der Waals surface area contributed by atoms with Crippen molar-refractivity contribution in [3.8, 4) is 0 Å². The zero-order chi connectivity index (χ0) is 12.7. The first-order valence-electron chi connectivity index (χ1n) is 6.71. The van der Waals surface area contributed by atoms with E-state index in [1.54, 1.807) is 10.8 Å². The van der Waals surface area contributed by atoms with Crippen LogP contribution in [0, 0.1) is 5.92 Å². The largest absolute Gasteiger partial charge is 0.378 e. The SMILES string of the molecule is CC(C)CCCOC1CC(N(C)CCSS)C1. The number of ether oxygens (including phenoxy) is 1. The molecule has 0 aromatic heterocycles. The standard InChI is InChI=1S/C13H27NOS2/c1-11(2)5-4-7-15-13-9-12(10-13)14(3)6-8-17-16/h11-13,16H,4-10H2,1-3H3. The van der Waals surface area contributed by atoms with Crippen molar-refractivity contribution in [1.29, 1.82) is 0 Å². The Kier molecular flexibility index (Phi) is 8.00. The Bertz CT molecular complexity index is 196. The van der Waals surface area contributed by atoms with Gasteiger partial charge in [-0.25, -0.2) is 0 Å². The van der Waals surface area contributed by atoms with Gasteiger partial charge in [0.25, 0.3) is 0 Å². The normalized spacial score (nSPS) is 24.4. The molecule has 0 spiro atoms. The molecule has 0 heterocycles. The van der Waals surface area contributed by atoms with Gasteiger partial charge in [0.2, 0.25) is 0 Å². The van der Waals surface area contributed by atoms with Crippen molar-refractivity contribution in [1.82, 2.24) is 4.90 Å². The van der Waals surface area contributed by atoms with Crippen LogP contribution in [0.5, 0.6) is 0 Å². The van der Waals surface area contributed by atoms with Gasteiger partial charge in [-0.2, -0.15) is 0 Å². The third kappa shape index (κ3) is 6.37. The van der Waals surface area contributed by atoms with Crippen LogP contribution in [0.1, 0.15) is 39.5 Å². The Hall–Kier alpha value is 0.620. The van der Waals surface area contributed by atoms with Crippen molar-refractivity contribution < 1.29 is 4.74 Å². The van der Waals surface area contributed by atoms with Crippen LogP contribution in [-0.2, 0) is 4.74 Å². The minimum atomic E-state index is 0.526. The molecular weight excluding hydrogens is 250 g/mol. The zero-order valence-corrected chi connectivity index (χ0v) is 13.1. The fourth-order valence-electron chi connectivity index (χ4n) is 2.14. The van der Waals surface area contributed by atoms with E-state index in [2.05, 4.69) is 37.5 Å². The highest BCUT2D eigenvalue weighted by Gasteiger charge is 2.32. The molecule has 1 aliphatic carbocycles. The Balaban J connectivity index is 1.95. The predicted molar refractivity (Wildman–Crippen MR) is 80.9 cm³/mol. The molecule has 0 aromatic carbocycles. The van der Waals surface area contributed by atoms with Crippen molar-refractivity contribution in [2.24, 2.45) is 5.92 Å². The minimum absolute atomic E-state index is 0.526. The first-order valence-corrected chi connectivity index (χ1v) is 8.75. The second-order valence-electron chi connectivity index (χ2n) is 5.47. The summed E-state index contributed by atoms with van der Waals surface area (Å²) in [6.45, 7) is 6.63. The molecule has 2 nitrogen and oxygen atoms in total. The Labute approximate surface area is 116 Å². The second-order valence-corrected chi connectivity index (χ2v) is 6.91. The van der Waals surface area contributed by atoms with Gasteiger partial charge in [-0.15, -0.1) is 11.7 Å². The van der Waals surface area contributed by atoms with Gasteiger partial charge in [-0.1, -0.05) is 24.6 Å². The fraction of sp³-hybridized carbons (Fsp3) is 1.00. The van der Waals surface area contributed by atoms with Crippen LogP contribution in [0.25, 0.3) is 0 Å². The summed E-state index contributed by atoms with van der Waals surface area (Å²) >= 11 is 4.17. The number of nitrogens with zero attached hydrogens (tertiary/aromatic N) is 1. The third-order valence-electron chi connectivity index (χ3n) is 3.51. The maximum absolute atomic E-state index is 5.87. The minimum Gasteiger partial charge on any atom is -0.378 e. The summed E-state index contributed by atoms with van der Waals surface area (Å²) in [4.78, 5) is 2.44. The maximum atomic E-state index is 5.87. The molecule has 0 aromatic rings. The third-order valence-corrected chi connectivity index (χ3v) is 4.42. The highest BCUT2D eigenvalue weighted by molar-refractivity contribution is 8.68. The average molecular weight is 277 g/mol. The molecule has 0 atom stereocenters. The van der Waals surface area contributed by atoms with Crippen molar-refractivity contribution >= 4 is 22.5 Å². The Morgan fingerprint density at radius 1 is 1.41 bits per heavy atom. The first-order chi connectivity index (χ1) is 8.13. The van der Waals surface area contributed by atoms with Crippen LogP contribution in [0.2, 0.25) is 0 Å². The molecule has 0 saturated heterocycles. The van der Waals surface area contributed by atoms with Gasteiger partial charge in [0.05, 0.1) is 6.10 Å². The van der Waals surface area contributed by atoms with E-state index in [4.69, 9.17) is 4.74 Å². The van der Waals surface area contributed by atoms with Gasteiger partial charge in [-0.05, 0) is 38.6 Å². The van der Waals surface area contributed by atoms with Crippen LogP contribution >= 0.6 is 22.5 Å². The maximum Gasteiger partial charge on any atom is 0.0605 e. The smallest absolute Gasteiger partial charge is 0.0605 e. The summed E-state index contributed by atoms with van der Waals surface area (Å²) < 4.78 is 5.87. The fourth-order valence-corrected chi connectivity index (χ4v) is 2.76. The van der Waals surface area contributed by atoms with E-state index in [0.29, 0.717) is 6.10 Å². The van der Waals surface area contributed by atoms with Crippen LogP contribution in [0.3, 0.4) is 0 Å². The molecule has 0 unspecified atom stereocenters. The van der Waals surface area contributed by atoms with Gasteiger partial charge in [-0.3, -0.25) is 0 Å². The van der Waals surface area contributed by atoms with E-state index < -0.39 is 0 Å². The van der Waals surface area contributed by atoms with Gasteiger partial charge < -0.3 is 9.64 Å². The molecule has 4 heteroatoms. The van der Waals surface area contributed by atoms with Crippen LogP contribution in [0.15, 0.2) is 0 Å². The number of hydrogen-bond acceptors (Lipinski definition) is 4. The van der Waals surface area contributed by atoms with Gasteiger partial charge in [0.15, 0.2) is 0 Å². The second kappa shape index (κ2) is 8.68. The lowest BCUT2D eigenvalue weighted by atomic mass is 9.88. The van der Waals surface area contributed by atoms with Crippen molar-refractivity contribution in [2.75, 3.05) is 26.0 Å². The van der Waals surface area contributed by atoms with Gasteiger partial charge in [0, 0.05) is 24.9 Å². The van der Waals surface area contributed by atoms with Crippen LogP contribution < -0.4 is 0 Å². The summed E-state index contributed by atoms with van der Waals surface area (Å²) in [7, 11) is 3.84. The molecule has 0 radical (unpaired) electrons. The highest BCUT2D eigenvalue weighted by Crippen LogP contribution is 2.28. The van der Waals surface area contributed by atoms with E-state index in [1.807, 2.05) is 0 Å². The lowest BCUT2D eigenvalue weighted by Crippen LogP contribution is -2.47. The summed E-state index contributed by atoms with van der Waals surface area (Å²) in [5, 5.41) is 0. The van der Waals surface area contributed by atoms with Gasteiger partial charge in [0.1, 0.15) is 0 Å². The number of thiol groups is 1. The molecule has 1 aliphatic rings. The molecule has 1 rings (SSSR count). The van der Waals surface area contributed by atoms with Crippen LogP contribution in [-0.4, -0.2) is 43.0 Å². The van der Waals surface area contributed by atoms with E-state index >= 15 is 0 Å². The molecule has 0 amide bonds. The summed E-state index contributed by atoms with van der Waals surface area (Å²) in [6, 6.07) is 0.741. The highest BCUT2D eigenvalue weighted by atomic mass is 33.1. The quantitative estimate of drug-likeness (QED) is 0.394. The molecule has 1 fully saturated rings. The number of hydrogen-bond donors (Lipinski definition) is 1. The Morgan fingerprint density at radius 2 is 2.12 bits per heavy atom. The predicted octanol–water partition coefficient (Wildman–Crippen LogP) is 3.48. The zero-order valence-electron chi connectivity index (χ0n) is 11.4. The lowest BCUT2D eigenvalue weighted by Gasteiger charge is -2.41. The lowest BCUT2D eigenvalue weighted by molar-refractivity contribution is -0.0453. The van der Waals surface area contributed by atoms with Crippen molar-refractivity contribution in [3.63, 3.8) is 0 Å². The molecule has 0 bridgehead atoms. The average Bonchev–Trinajstić information content (AvgIpc) is 2.22. The molecule has 0 N–H and O–H groups in total. The van der Waals surface area contributed by atoms with E-state index in [-0.39, 0.29) is 0 Å². The molecule has 102 valence electrons. The van der Waals surface area contributed by atoms with E-state index in [0.717, 1.165) is 30.9 Å². The summed E-state index contributed by atoms with van der Waals surface area (Å²) in [6.07, 6.45) is 5.46. The topological polar surface area (TPSA) is 12.5 Å².